The maximum atomic E-state index is 11.9. The molecule has 3 N–H and O–H groups in total. The zero-order valence-corrected chi connectivity index (χ0v) is 11.3. The van der Waals surface area contributed by atoms with E-state index in [0.29, 0.717) is 24.4 Å². The van der Waals surface area contributed by atoms with Crippen LogP contribution in [0, 0.1) is 0 Å². The number of anilines is 1. The highest BCUT2D eigenvalue weighted by molar-refractivity contribution is 7.89. The molecular formula is C12H18N2O4S. The van der Waals surface area contributed by atoms with Gasteiger partial charge in [-0.3, -0.25) is 0 Å². The van der Waals surface area contributed by atoms with Gasteiger partial charge in [-0.15, -0.1) is 0 Å². The van der Waals surface area contributed by atoms with Crippen molar-refractivity contribution in [2.45, 2.75) is 12.5 Å². The first-order valence-corrected chi connectivity index (χ1v) is 7.72. The summed E-state index contributed by atoms with van der Waals surface area (Å²) < 4.78 is 30.5. The molecule has 1 aromatic rings. The van der Waals surface area contributed by atoms with Crippen LogP contribution in [0.2, 0.25) is 0 Å². The summed E-state index contributed by atoms with van der Waals surface area (Å²) in [4.78, 5) is 0. The van der Waals surface area contributed by atoms with Gasteiger partial charge in [-0.05, 0) is 30.7 Å². The summed E-state index contributed by atoms with van der Waals surface area (Å²) in [6.45, 7) is 0.647. The van der Waals surface area contributed by atoms with Gasteiger partial charge in [0.25, 0.3) is 0 Å². The SMILES string of the molecule is Nc1ccc(OCCS(=O)(=O)N2CC[C@H](O)C2)cc1. The lowest BCUT2D eigenvalue weighted by atomic mass is 10.3. The average Bonchev–Trinajstić information content (AvgIpc) is 2.79. The quantitative estimate of drug-likeness (QED) is 0.746. The van der Waals surface area contributed by atoms with E-state index in [1.165, 1.54) is 4.31 Å². The maximum absolute atomic E-state index is 11.9. The van der Waals surface area contributed by atoms with Crippen LogP contribution in [-0.4, -0.2) is 49.4 Å². The number of β-amino-alcohol motifs (C(OH)–C–C–N with tert-alkyl or cyclic N) is 1. The number of rotatable bonds is 5. The van der Waals surface area contributed by atoms with Crippen LogP contribution in [0.3, 0.4) is 0 Å². The standard InChI is InChI=1S/C12H18N2O4S/c13-10-1-3-12(4-2-10)18-7-8-19(16,17)14-6-5-11(15)9-14/h1-4,11,15H,5-9,13H2/t11-/m0/s1. The number of nitrogens with zero attached hydrogens (tertiary/aromatic N) is 1. The van der Waals surface area contributed by atoms with Gasteiger partial charge in [0.15, 0.2) is 0 Å². The Labute approximate surface area is 112 Å². The van der Waals surface area contributed by atoms with Gasteiger partial charge >= 0.3 is 0 Å². The molecule has 0 radical (unpaired) electrons. The average molecular weight is 286 g/mol. The molecule has 6 nitrogen and oxygen atoms in total. The Hall–Kier alpha value is -1.31. The molecule has 1 atom stereocenters. The van der Waals surface area contributed by atoms with E-state index >= 15 is 0 Å². The lowest BCUT2D eigenvalue weighted by Gasteiger charge is -2.15. The number of ether oxygens (including phenoxy) is 1. The van der Waals surface area contributed by atoms with E-state index in [4.69, 9.17) is 10.5 Å². The first-order chi connectivity index (χ1) is 8.97. The maximum Gasteiger partial charge on any atom is 0.217 e. The number of sulfonamides is 1. The second-order valence-electron chi connectivity index (χ2n) is 4.53. The predicted molar refractivity (Wildman–Crippen MR) is 72.3 cm³/mol. The van der Waals surface area contributed by atoms with Crippen LogP contribution in [0.4, 0.5) is 5.69 Å². The zero-order chi connectivity index (χ0) is 13.9. The van der Waals surface area contributed by atoms with Crippen molar-refractivity contribution in [1.29, 1.82) is 0 Å². The Morgan fingerprint density at radius 1 is 1.37 bits per heavy atom. The van der Waals surface area contributed by atoms with Gasteiger partial charge in [-0.2, -0.15) is 4.31 Å². The Bertz CT molecular complexity index is 515. The molecular weight excluding hydrogens is 268 g/mol. The van der Waals surface area contributed by atoms with Crippen molar-refractivity contribution in [2.24, 2.45) is 0 Å². The third-order valence-corrected chi connectivity index (χ3v) is 4.81. The molecule has 0 amide bonds. The topological polar surface area (TPSA) is 92.9 Å². The number of aliphatic hydroxyl groups excluding tert-OH is 1. The zero-order valence-electron chi connectivity index (χ0n) is 10.5. The molecule has 1 aliphatic rings. The van der Waals surface area contributed by atoms with Gasteiger partial charge in [-0.1, -0.05) is 0 Å². The second-order valence-corrected chi connectivity index (χ2v) is 6.62. The predicted octanol–water partition coefficient (Wildman–Crippen LogP) is 0.0440. The summed E-state index contributed by atoms with van der Waals surface area (Å²) in [5.74, 6) is 0.496. The van der Waals surface area contributed by atoms with Crippen molar-refractivity contribution >= 4 is 15.7 Å². The molecule has 7 heteroatoms. The lowest BCUT2D eigenvalue weighted by molar-refractivity contribution is 0.189. The van der Waals surface area contributed by atoms with Crippen molar-refractivity contribution in [2.75, 3.05) is 31.2 Å². The van der Waals surface area contributed by atoms with Crippen molar-refractivity contribution in [3.05, 3.63) is 24.3 Å². The summed E-state index contributed by atoms with van der Waals surface area (Å²) in [6.07, 6.45) is -0.0503. The van der Waals surface area contributed by atoms with E-state index in [9.17, 15) is 13.5 Å². The molecule has 1 fully saturated rings. The molecule has 0 bridgehead atoms. The van der Waals surface area contributed by atoms with E-state index in [1.54, 1.807) is 24.3 Å². The van der Waals surface area contributed by atoms with Gasteiger partial charge < -0.3 is 15.6 Å². The monoisotopic (exact) mass is 286 g/mol. The number of nitrogens with two attached hydrogens (primary N) is 1. The fourth-order valence-corrected chi connectivity index (χ4v) is 3.26. The number of hydrogen-bond donors (Lipinski definition) is 2. The molecule has 0 aliphatic carbocycles. The Morgan fingerprint density at radius 2 is 2.05 bits per heavy atom. The molecule has 1 heterocycles. The van der Waals surface area contributed by atoms with Crippen LogP contribution in [0.25, 0.3) is 0 Å². The second kappa shape index (κ2) is 5.77. The highest BCUT2D eigenvalue weighted by Crippen LogP contribution is 2.15. The molecule has 0 spiro atoms. The van der Waals surface area contributed by atoms with Crippen molar-refractivity contribution in [3.8, 4) is 5.75 Å². The van der Waals surface area contributed by atoms with Gasteiger partial charge in [-0.25, -0.2) is 8.42 Å². The molecule has 0 saturated carbocycles. The first kappa shape index (κ1) is 14.1. The number of hydrogen-bond acceptors (Lipinski definition) is 5. The van der Waals surface area contributed by atoms with Crippen molar-refractivity contribution in [3.63, 3.8) is 0 Å². The minimum atomic E-state index is -3.35. The molecule has 2 rings (SSSR count). The molecule has 0 unspecified atom stereocenters. The van der Waals surface area contributed by atoms with Crippen LogP contribution in [0.5, 0.6) is 5.75 Å². The molecule has 106 valence electrons. The minimum Gasteiger partial charge on any atom is -0.492 e. The molecule has 19 heavy (non-hydrogen) atoms. The number of aliphatic hydroxyl groups is 1. The van der Waals surface area contributed by atoms with Crippen LogP contribution < -0.4 is 10.5 Å². The van der Waals surface area contributed by atoms with Crippen molar-refractivity contribution < 1.29 is 18.3 Å². The Morgan fingerprint density at radius 3 is 2.63 bits per heavy atom. The van der Waals surface area contributed by atoms with E-state index < -0.39 is 16.1 Å². The van der Waals surface area contributed by atoms with Crippen LogP contribution in [0.15, 0.2) is 24.3 Å². The minimum absolute atomic E-state index is 0.0822. The normalized spacial score (nSPS) is 20.6. The lowest BCUT2D eigenvalue weighted by Crippen LogP contribution is -2.33. The van der Waals surface area contributed by atoms with Crippen LogP contribution >= 0.6 is 0 Å². The van der Waals surface area contributed by atoms with Gasteiger partial charge in [0, 0.05) is 18.8 Å². The Kier molecular flexibility index (Phi) is 4.28. The van der Waals surface area contributed by atoms with Gasteiger partial charge in [0.05, 0.1) is 11.9 Å². The fraction of sp³-hybridized carbons (Fsp3) is 0.500. The third kappa shape index (κ3) is 3.82. The first-order valence-electron chi connectivity index (χ1n) is 6.11. The Balaban J connectivity index is 1.83. The molecule has 1 saturated heterocycles. The van der Waals surface area contributed by atoms with E-state index in [0.717, 1.165) is 0 Å². The van der Waals surface area contributed by atoms with Crippen LogP contribution in [-0.2, 0) is 10.0 Å². The van der Waals surface area contributed by atoms with Crippen molar-refractivity contribution in [1.82, 2.24) is 4.31 Å². The smallest absolute Gasteiger partial charge is 0.217 e. The summed E-state index contributed by atoms with van der Waals surface area (Å²) in [5, 5.41) is 9.34. The van der Waals surface area contributed by atoms with Gasteiger partial charge in [0.1, 0.15) is 12.4 Å². The van der Waals surface area contributed by atoms with Crippen LogP contribution in [0.1, 0.15) is 6.42 Å². The fourth-order valence-electron chi connectivity index (χ4n) is 1.92. The summed E-state index contributed by atoms with van der Waals surface area (Å²) in [6, 6.07) is 6.78. The number of benzene rings is 1. The van der Waals surface area contributed by atoms with E-state index in [2.05, 4.69) is 0 Å². The van der Waals surface area contributed by atoms with E-state index in [1.807, 2.05) is 0 Å². The summed E-state index contributed by atoms with van der Waals surface area (Å²) >= 11 is 0. The largest absolute Gasteiger partial charge is 0.492 e. The summed E-state index contributed by atoms with van der Waals surface area (Å²) in [5.41, 5.74) is 6.17. The third-order valence-electron chi connectivity index (χ3n) is 3.01. The number of nitrogen functional groups attached to an aromatic ring is 1. The highest BCUT2D eigenvalue weighted by Gasteiger charge is 2.29. The van der Waals surface area contributed by atoms with E-state index in [-0.39, 0.29) is 18.9 Å². The molecule has 1 aliphatic heterocycles. The molecule has 0 aromatic heterocycles. The highest BCUT2D eigenvalue weighted by atomic mass is 32.2. The molecule has 1 aromatic carbocycles. The summed E-state index contributed by atoms with van der Waals surface area (Å²) in [7, 11) is -3.35. The van der Waals surface area contributed by atoms with Gasteiger partial charge in [0.2, 0.25) is 10.0 Å².